The second-order valence-corrected chi connectivity index (χ2v) is 22.6. The van der Waals surface area contributed by atoms with Crippen molar-refractivity contribution in [1.29, 1.82) is 0 Å². The molecule has 0 unspecified atom stereocenters. The predicted molar refractivity (Wildman–Crippen MR) is 171 cm³/mol. The molecule has 0 aromatic carbocycles. The third-order valence-corrected chi connectivity index (χ3v) is 11.5. The second kappa shape index (κ2) is 14.3. The van der Waals surface area contributed by atoms with Crippen LogP contribution in [-0.4, -0.2) is 80.7 Å². The van der Waals surface area contributed by atoms with Crippen molar-refractivity contribution < 1.29 is 49.5 Å². The number of hydrogen-bond donors (Lipinski definition) is 3. The summed E-state index contributed by atoms with van der Waals surface area (Å²) in [5, 5.41) is 0. The minimum absolute atomic E-state index is 0.516. The molecule has 0 saturated heterocycles. The van der Waals surface area contributed by atoms with Gasteiger partial charge in [-0.3, -0.25) is 0 Å². The molecule has 0 aromatic heterocycles. The molecular formula is C28H66O11Si3. The maximum Gasteiger partial charge on any atom is 0.678 e. The normalized spacial score (nSPS) is 15.4. The molecule has 0 heterocycles. The maximum atomic E-state index is 11.0. The van der Waals surface area contributed by atoms with Crippen LogP contribution in [0.2, 0.25) is 0 Å². The van der Waals surface area contributed by atoms with Gasteiger partial charge in [0.2, 0.25) is 0 Å². The largest absolute Gasteiger partial charge is 0.678 e. The lowest BCUT2D eigenvalue weighted by molar-refractivity contribution is -0.124. The summed E-state index contributed by atoms with van der Waals surface area (Å²) in [6.45, 7) is 37.9. The molecule has 0 aromatic rings. The first-order valence-corrected chi connectivity index (χ1v) is 19.5. The van der Waals surface area contributed by atoms with Crippen molar-refractivity contribution in [3.63, 3.8) is 0 Å². The third kappa shape index (κ3) is 26.6. The average Bonchev–Trinajstić information content (AvgIpc) is 2.37. The summed E-state index contributed by atoms with van der Waals surface area (Å²) >= 11 is 0. The van der Waals surface area contributed by atoms with Crippen LogP contribution in [0.25, 0.3) is 0 Å². The van der Waals surface area contributed by atoms with Crippen LogP contribution in [0, 0.1) is 0 Å². The van der Waals surface area contributed by atoms with Crippen molar-refractivity contribution in [2.75, 3.05) is 0 Å². The molecule has 0 aliphatic carbocycles. The Morgan fingerprint density at radius 1 is 0.262 bits per heavy atom. The van der Waals surface area contributed by atoms with Crippen LogP contribution in [-0.2, 0) is 35.1 Å². The molecule has 0 radical (unpaired) electrons. The minimum atomic E-state index is -4.29. The SMILES string of the molecule is CC(C)(C)O[Si](O)(OC(C)(C)C)OC(C)(C)C.CC(C)(C)O[Si](O)(OC(C)(C)C)O[Si](O)(OC(C)(C)C)OC(C)(C)C. The molecule has 0 spiro atoms. The van der Waals surface area contributed by atoms with Crippen molar-refractivity contribution in [3.8, 4) is 0 Å². The average molecular weight is 663 g/mol. The fourth-order valence-electron chi connectivity index (χ4n) is 3.06. The zero-order valence-corrected chi connectivity index (χ0v) is 33.6. The van der Waals surface area contributed by atoms with E-state index < -0.39 is 66.4 Å². The third-order valence-electron chi connectivity index (χ3n) is 3.30. The van der Waals surface area contributed by atoms with Gasteiger partial charge in [-0.15, -0.1) is 0 Å². The summed E-state index contributed by atoms with van der Waals surface area (Å²) < 4.78 is 45.3. The summed E-state index contributed by atoms with van der Waals surface area (Å²) in [5.74, 6) is 0. The van der Waals surface area contributed by atoms with Crippen molar-refractivity contribution in [2.24, 2.45) is 0 Å². The first kappa shape index (κ1) is 44.3. The molecule has 0 saturated carbocycles. The van der Waals surface area contributed by atoms with Crippen molar-refractivity contribution >= 4 is 27.1 Å². The Kier molecular flexibility index (Phi) is 15.1. The molecule has 42 heavy (non-hydrogen) atoms. The Morgan fingerprint density at radius 2 is 0.381 bits per heavy atom. The zero-order valence-electron chi connectivity index (χ0n) is 30.6. The van der Waals surface area contributed by atoms with E-state index in [0.29, 0.717) is 0 Å². The maximum absolute atomic E-state index is 11.0. The van der Waals surface area contributed by atoms with Crippen LogP contribution in [0.5, 0.6) is 0 Å². The van der Waals surface area contributed by atoms with Crippen LogP contribution in [0.4, 0.5) is 0 Å². The predicted octanol–water partition coefficient (Wildman–Crippen LogP) is 5.98. The highest BCUT2D eigenvalue weighted by Gasteiger charge is 2.61. The summed E-state index contributed by atoms with van der Waals surface area (Å²) in [7, 11) is -12.2. The Labute approximate surface area is 261 Å². The Balaban J connectivity index is 0. The van der Waals surface area contributed by atoms with Crippen LogP contribution < -0.4 is 0 Å². The van der Waals surface area contributed by atoms with E-state index in [1.807, 2.05) is 62.3 Å². The van der Waals surface area contributed by atoms with E-state index in [1.54, 1.807) is 83.1 Å². The standard InChI is InChI=1S/C16H38O7Si2.C12H28O4Si/c1-13(2,3)19-24(17,20-14(4,5)6)23-25(18,21-15(7,8)9)22-16(10,11)12;1-10(2,3)14-17(13,15-11(4,5)6)16-12(7,8)9/h17-18H,1-12H3;13H,1-9H3. The van der Waals surface area contributed by atoms with Gasteiger partial charge in [0, 0.05) is 0 Å². The van der Waals surface area contributed by atoms with Gasteiger partial charge in [0.15, 0.2) is 0 Å². The Bertz CT molecular complexity index is 692. The molecule has 256 valence electrons. The van der Waals surface area contributed by atoms with Gasteiger partial charge < -0.3 is 49.5 Å². The summed E-state index contributed by atoms with van der Waals surface area (Å²) in [4.78, 5) is 32.5. The first-order valence-electron chi connectivity index (χ1n) is 14.4. The van der Waals surface area contributed by atoms with Gasteiger partial charge in [0.25, 0.3) is 0 Å². The van der Waals surface area contributed by atoms with Crippen LogP contribution in [0.15, 0.2) is 0 Å². The molecule has 0 aliphatic rings. The molecule has 0 rings (SSSR count). The molecule has 11 nitrogen and oxygen atoms in total. The van der Waals surface area contributed by atoms with Gasteiger partial charge >= 0.3 is 27.1 Å². The number of hydrogen-bond acceptors (Lipinski definition) is 11. The lowest BCUT2D eigenvalue weighted by Crippen LogP contribution is -2.65. The van der Waals surface area contributed by atoms with Gasteiger partial charge in [0.05, 0.1) is 39.2 Å². The molecule has 3 N–H and O–H groups in total. The zero-order chi connectivity index (χ0) is 34.7. The van der Waals surface area contributed by atoms with E-state index in [4.69, 9.17) is 35.1 Å². The van der Waals surface area contributed by atoms with E-state index in [2.05, 4.69) is 0 Å². The van der Waals surface area contributed by atoms with Crippen molar-refractivity contribution in [1.82, 2.24) is 0 Å². The highest BCUT2D eigenvalue weighted by atomic mass is 28.5. The van der Waals surface area contributed by atoms with E-state index in [9.17, 15) is 14.4 Å². The molecular weight excluding hydrogens is 597 g/mol. The van der Waals surface area contributed by atoms with Gasteiger partial charge in [-0.25, -0.2) is 0 Å². The topological polar surface area (TPSA) is 135 Å². The van der Waals surface area contributed by atoms with E-state index >= 15 is 0 Å². The molecule has 0 fully saturated rings. The van der Waals surface area contributed by atoms with Crippen molar-refractivity contribution in [3.05, 3.63) is 0 Å². The van der Waals surface area contributed by atoms with Crippen molar-refractivity contribution in [2.45, 2.75) is 185 Å². The summed E-state index contributed by atoms with van der Waals surface area (Å²) in [6, 6.07) is 0. The molecule has 0 aliphatic heterocycles. The van der Waals surface area contributed by atoms with E-state index in [0.717, 1.165) is 0 Å². The molecule has 0 bridgehead atoms. The fourth-order valence-corrected chi connectivity index (χ4v) is 10.7. The highest BCUT2D eigenvalue weighted by Crippen LogP contribution is 2.30. The van der Waals surface area contributed by atoms with Crippen LogP contribution >= 0.6 is 0 Å². The molecule has 0 amide bonds. The van der Waals surface area contributed by atoms with Gasteiger partial charge in [-0.1, -0.05) is 0 Å². The van der Waals surface area contributed by atoms with Crippen LogP contribution in [0.3, 0.4) is 0 Å². The Morgan fingerprint density at radius 3 is 0.500 bits per heavy atom. The Hall–Kier alpha value is 0.211. The molecule has 14 heteroatoms. The van der Waals surface area contributed by atoms with Gasteiger partial charge in [0.1, 0.15) is 0 Å². The highest BCUT2D eigenvalue weighted by molar-refractivity contribution is 6.67. The van der Waals surface area contributed by atoms with Gasteiger partial charge in [-0.05, 0) is 145 Å². The lowest BCUT2D eigenvalue weighted by atomic mass is 10.2. The summed E-state index contributed by atoms with van der Waals surface area (Å²) in [6.07, 6.45) is 0. The monoisotopic (exact) mass is 662 g/mol. The smallest absolute Gasteiger partial charge is 0.368 e. The quantitative estimate of drug-likeness (QED) is 0.252. The van der Waals surface area contributed by atoms with Gasteiger partial charge in [-0.2, -0.15) is 0 Å². The number of rotatable bonds is 9. The minimum Gasteiger partial charge on any atom is -0.368 e. The lowest BCUT2D eigenvalue weighted by Gasteiger charge is -2.41. The summed E-state index contributed by atoms with van der Waals surface area (Å²) in [5.41, 5.74) is -4.58. The second-order valence-electron chi connectivity index (χ2n) is 17.2. The first-order chi connectivity index (χ1) is 17.7. The fraction of sp³-hybridized carbons (Fsp3) is 1.00. The van der Waals surface area contributed by atoms with E-state index in [1.165, 1.54) is 0 Å². The van der Waals surface area contributed by atoms with E-state index in [-0.39, 0.29) is 0 Å². The molecule has 0 atom stereocenters. The van der Waals surface area contributed by atoms with Crippen LogP contribution in [0.1, 0.15) is 145 Å².